The predicted octanol–water partition coefficient (Wildman–Crippen LogP) is 3.46. The molecule has 1 saturated heterocycles. The zero-order valence-electron chi connectivity index (χ0n) is 13.6. The molecule has 4 nitrogen and oxygen atoms in total. The molecule has 2 aliphatic rings. The first-order valence-corrected chi connectivity index (χ1v) is 8.31. The molecule has 1 aromatic rings. The fraction of sp³-hybridized carbons (Fsp3) is 0.611. The van der Waals surface area contributed by atoms with E-state index in [0.29, 0.717) is 6.54 Å². The Balaban J connectivity index is 1.71. The van der Waals surface area contributed by atoms with Crippen molar-refractivity contribution < 1.29 is 9.90 Å². The molecule has 2 fully saturated rings. The maximum atomic E-state index is 12.6. The van der Waals surface area contributed by atoms with Gasteiger partial charge >= 0.3 is 6.03 Å². The summed E-state index contributed by atoms with van der Waals surface area (Å²) in [6.07, 6.45) is 4.78. The van der Waals surface area contributed by atoms with E-state index in [1.54, 1.807) is 0 Å². The van der Waals surface area contributed by atoms with Crippen LogP contribution in [-0.4, -0.2) is 35.2 Å². The van der Waals surface area contributed by atoms with Gasteiger partial charge in [0.1, 0.15) is 0 Å². The molecule has 2 atom stereocenters. The van der Waals surface area contributed by atoms with Crippen LogP contribution in [-0.2, 0) is 0 Å². The van der Waals surface area contributed by atoms with Gasteiger partial charge in [-0.1, -0.05) is 18.6 Å². The maximum Gasteiger partial charge on any atom is 0.321 e. The molecule has 22 heavy (non-hydrogen) atoms. The Labute approximate surface area is 132 Å². The summed E-state index contributed by atoms with van der Waals surface area (Å²) >= 11 is 0. The van der Waals surface area contributed by atoms with Crippen LogP contribution in [0.1, 0.15) is 43.2 Å². The summed E-state index contributed by atoms with van der Waals surface area (Å²) in [5.41, 5.74) is 3.04. The van der Waals surface area contributed by atoms with Crippen LogP contribution in [0.5, 0.6) is 0 Å². The molecule has 0 aromatic heterocycles. The van der Waals surface area contributed by atoms with Crippen molar-refractivity contribution in [3.8, 4) is 0 Å². The number of nitrogens with zero attached hydrogens (tertiary/aromatic N) is 1. The van der Waals surface area contributed by atoms with Crippen molar-refractivity contribution in [2.24, 2.45) is 5.41 Å². The van der Waals surface area contributed by atoms with Crippen LogP contribution >= 0.6 is 0 Å². The first-order chi connectivity index (χ1) is 10.5. The van der Waals surface area contributed by atoms with Gasteiger partial charge in [-0.3, -0.25) is 0 Å². The molecule has 3 rings (SSSR count). The summed E-state index contributed by atoms with van der Waals surface area (Å²) in [7, 11) is 0. The zero-order chi connectivity index (χ0) is 15.7. The largest absolute Gasteiger partial charge is 0.392 e. The second-order valence-electron chi connectivity index (χ2n) is 7.04. The van der Waals surface area contributed by atoms with Crippen molar-refractivity contribution in [1.82, 2.24) is 4.90 Å². The molecule has 1 saturated carbocycles. The Morgan fingerprint density at radius 3 is 2.82 bits per heavy atom. The van der Waals surface area contributed by atoms with Crippen LogP contribution in [0.3, 0.4) is 0 Å². The number of aryl methyl sites for hydroxylation is 2. The first-order valence-electron chi connectivity index (χ1n) is 8.31. The topological polar surface area (TPSA) is 52.6 Å². The number of urea groups is 1. The van der Waals surface area contributed by atoms with E-state index in [1.807, 2.05) is 30.9 Å². The van der Waals surface area contributed by atoms with Gasteiger partial charge in [-0.2, -0.15) is 0 Å². The molecule has 1 heterocycles. The Bertz CT molecular complexity index is 572. The lowest BCUT2D eigenvalue weighted by atomic mass is 9.77. The number of carbonyl (C=O) groups is 1. The second kappa shape index (κ2) is 5.92. The second-order valence-corrected chi connectivity index (χ2v) is 7.04. The highest BCUT2D eigenvalue weighted by Gasteiger charge is 2.45. The van der Waals surface area contributed by atoms with E-state index < -0.39 is 0 Å². The Hall–Kier alpha value is -1.55. The standard InChI is InChI=1S/C18H26N2O2/c1-13-6-7-14(2)15(11-13)19-17(22)20-10-4-9-18(12-20)8-3-5-16(18)21/h6-7,11,16,21H,3-5,8-10,12H2,1-2H3,(H,19,22)/t16-,18+/m1/s1. The van der Waals surface area contributed by atoms with Gasteiger partial charge in [-0.25, -0.2) is 4.79 Å². The van der Waals surface area contributed by atoms with Gasteiger partial charge in [-0.05, 0) is 56.7 Å². The molecule has 1 aliphatic heterocycles. The number of rotatable bonds is 1. The van der Waals surface area contributed by atoms with Crippen LogP contribution in [0.15, 0.2) is 18.2 Å². The summed E-state index contributed by atoms with van der Waals surface area (Å²) in [6.45, 7) is 5.50. The van der Waals surface area contributed by atoms with E-state index in [9.17, 15) is 9.90 Å². The number of hydrogen-bond donors (Lipinski definition) is 2. The minimum atomic E-state index is -0.246. The minimum Gasteiger partial charge on any atom is -0.392 e. The Morgan fingerprint density at radius 1 is 1.32 bits per heavy atom. The average Bonchev–Trinajstić information content (AvgIpc) is 2.83. The minimum absolute atomic E-state index is 0.0353. The van der Waals surface area contributed by atoms with Crippen molar-refractivity contribution in [3.05, 3.63) is 29.3 Å². The van der Waals surface area contributed by atoms with Crippen molar-refractivity contribution in [2.45, 2.75) is 52.1 Å². The van der Waals surface area contributed by atoms with E-state index >= 15 is 0 Å². The molecule has 120 valence electrons. The van der Waals surface area contributed by atoms with Crippen LogP contribution in [0.25, 0.3) is 0 Å². The smallest absolute Gasteiger partial charge is 0.321 e. The summed E-state index contributed by atoms with van der Waals surface area (Å²) < 4.78 is 0. The van der Waals surface area contributed by atoms with E-state index in [2.05, 4.69) is 11.4 Å². The van der Waals surface area contributed by atoms with Crippen LogP contribution in [0.2, 0.25) is 0 Å². The third-order valence-corrected chi connectivity index (χ3v) is 5.39. The number of nitrogens with one attached hydrogen (secondary N) is 1. The van der Waals surface area contributed by atoms with Crippen molar-refractivity contribution in [1.29, 1.82) is 0 Å². The van der Waals surface area contributed by atoms with Crippen molar-refractivity contribution >= 4 is 11.7 Å². The first kappa shape index (κ1) is 15.3. The number of anilines is 1. The van der Waals surface area contributed by atoms with E-state index in [4.69, 9.17) is 0 Å². The van der Waals surface area contributed by atoms with Gasteiger partial charge in [0, 0.05) is 24.2 Å². The third-order valence-electron chi connectivity index (χ3n) is 5.39. The monoisotopic (exact) mass is 302 g/mol. The number of aliphatic hydroxyl groups is 1. The van der Waals surface area contributed by atoms with Crippen LogP contribution in [0.4, 0.5) is 10.5 Å². The number of piperidine rings is 1. The highest BCUT2D eigenvalue weighted by Crippen LogP contribution is 2.45. The molecule has 1 aliphatic carbocycles. The molecular formula is C18H26N2O2. The summed E-state index contributed by atoms with van der Waals surface area (Å²) in [5.74, 6) is 0. The lowest BCUT2D eigenvalue weighted by Crippen LogP contribution is -2.50. The molecule has 1 aromatic carbocycles. The number of benzene rings is 1. The third kappa shape index (κ3) is 2.84. The number of amides is 2. The molecule has 0 unspecified atom stereocenters. The van der Waals surface area contributed by atoms with E-state index in [1.165, 1.54) is 0 Å². The normalized spacial score (nSPS) is 28.1. The number of carbonyl (C=O) groups excluding carboxylic acids is 1. The van der Waals surface area contributed by atoms with Gasteiger partial charge in [0.25, 0.3) is 0 Å². The quantitative estimate of drug-likeness (QED) is 0.834. The fourth-order valence-corrected chi connectivity index (χ4v) is 3.99. The Morgan fingerprint density at radius 2 is 2.09 bits per heavy atom. The van der Waals surface area contributed by atoms with E-state index in [0.717, 1.165) is 55.5 Å². The zero-order valence-corrected chi connectivity index (χ0v) is 13.6. The van der Waals surface area contributed by atoms with Gasteiger partial charge in [0.2, 0.25) is 0 Å². The summed E-state index contributed by atoms with van der Waals surface area (Å²) in [6, 6.07) is 6.06. The molecule has 4 heteroatoms. The van der Waals surface area contributed by atoms with Crippen molar-refractivity contribution in [3.63, 3.8) is 0 Å². The fourth-order valence-electron chi connectivity index (χ4n) is 3.99. The highest BCUT2D eigenvalue weighted by molar-refractivity contribution is 5.90. The van der Waals surface area contributed by atoms with Crippen LogP contribution < -0.4 is 5.32 Å². The highest BCUT2D eigenvalue weighted by atomic mass is 16.3. The lowest BCUT2D eigenvalue weighted by Gasteiger charge is -2.42. The average molecular weight is 302 g/mol. The summed E-state index contributed by atoms with van der Waals surface area (Å²) in [4.78, 5) is 14.5. The maximum absolute atomic E-state index is 12.6. The number of hydrogen-bond acceptors (Lipinski definition) is 2. The van der Waals surface area contributed by atoms with E-state index in [-0.39, 0.29) is 17.6 Å². The SMILES string of the molecule is Cc1ccc(C)c(NC(=O)N2CCC[C@@]3(CCC[C@H]3O)C2)c1. The Kier molecular flexibility index (Phi) is 4.13. The van der Waals surface area contributed by atoms with Gasteiger partial charge in [0.15, 0.2) is 0 Å². The lowest BCUT2D eigenvalue weighted by molar-refractivity contribution is 0.00400. The molecule has 2 amide bonds. The van der Waals surface area contributed by atoms with Crippen molar-refractivity contribution in [2.75, 3.05) is 18.4 Å². The molecule has 0 bridgehead atoms. The number of likely N-dealkylation sites (tertiary alicyclic amines) is 1. The number of aliphatic hydroxyl groups excluding tert-OH is 1. The van der Waals surface area contributed by atoms with Gasteiger partial charge in [0.05, 0.1) is 6.10 Å². The molecule has 2 N–H and O–H groups in total. The van der Waals surface area contributed by atoms with Gasteiger partial charge in [-0.15, -0.1) is 0 Å². The van der Waals surface area contributed by atoms with Gasteiger partial charge < -0.3 is 15.3 Å². The molecular weight excluding hydrogens is 276 g/mol. The molecule has 0 radical (unpaired) electrons. The summed E-state index contributed by atoms with van der Waals surface area (Å²) in [5, 5.41) is 13.4. The molecule has 1 spiro atoms. The van der Waals surface area contributed by atoms with Crippen LogP contribution in [0, 0.1) is 19.3 Å². The predicted molar refractivity (Wildman–Crippen MR) is 88.0 cm³/mol.